The zero-order valence-electron chi connectivity index (χ0n) is 13.4. The first-order valence-corrected chi connectivity index (χ1v) is 10.5. The molecule has 2 aromatic heterocycles. The van der Waals surface area contributed by atoms with Gasteiger partial charge in [0.25, 0.3) is 5.56 Å². The van der Waals surface area contributed by atoms with Crippen molar-refractivity contribution in [1.82, 2.24) is 9.55 Å². The molecule has 3 aromatic rings. The lowest BCUT2D eigenvalue weighted by atomic mass is 10.3. The highest BCUT2D eigenvalue weighted by molar-refractivity contribution is 9.10. The summed E-state index contributed by atoms with van der Waals surface area (Å²) in [6, 6.07) is 6.98. The molecule has 1 aromatic carbocycles. The first-order chi connectivity index (χ1) is 12.5. The highest BCUT2D eigenvalue weighted by atomic mass is 79.9. The Morgan fingerprint density at radius 1 is 1.46 bits per heavy atom. The molecule has 9 heteroatoms. The summed E-state index contributed by atoms with van der Waals surface area (Å²) in [5, 5.41) is 6.10. The van der Waals surface area contributed by atoms with Gasteiger partial charge >= 0.3 is 0 Å². The average Bonchev–Trinajstić information content (AvgIpc) is 3.07. The van der Waals surface area contributed by atoms with Crippen molar-refractivity contribution in [1.29, 1.82) is 0 Å². The molecule has 5 nitrogen and oxygen atoms in total. The number of halogens is 2. The number of anilines is 1. The fourth-order valence-electron chi connectivity index (χ4n) is 2.24. The van der Waals surface area contributed by atoms with Crippen LogP contribution in [-0.2, 0) is 11.3 Å². The first kappa shape index (κ1) is 19.2. The van der Waals surface area contributed by atoms with Crippen molar-refractivity contribution in [3.05, 3.63) is 62.1 Å². The number of allylic oxidation sites excluding steroid dienone is 1. The van der Waals surface area contributed by atoms with Crippen molar-refractivity contribution < 1.29 is 4.79 Å². The number of rotatable bonds is 6. The van der Waals surface area contributed by atoms with Crippen molar-refractivity contribution in [2.75, 3.05) is 11.1 Å². The number of nitrogens with zero attached hydrogens (tertiary/aromatic N) is 2. The zero-order chi connectivity index (χ0) is 18.7. The predicted molar refractivity (Wildman–Crippen MR) is 113 cm³/mol. The Hall–Kier alpha value is -1.61. The van der Waals surface area contributed by atoms with Gasteiger partial charge in [0.05, 0.1) is 21.8 Å². The SMILES string of the molecule is C=CCn1c(SCC(=O)Nc2ccc(Br)cc2Cl)nc2sccc2c1=O. The van der Waals surface area contributed by atoms with Gasteiger partial charge < -0.3 is 5.32 Å². The van der Waals surface area contributed by atoms with Crippen molar-refractivity contribution >= 4 is 72.4 Å². The minimum atomic E-state index is -0.232. The maximum Gasteiger partial charge on any atom is 0.263 e. The van der Waals surface area contributed by atoms with Crippen LogP contribution in [0.15, 0.2) is 56.7 Å². The Bertz CT molecular complexity index is 1050. The van der Waals surface area contributed by atoms with Gasteiger partial charge in [0.15, 0.2) is 5.16 Å². The van der Waals surface area contributed by atoms with E-state index in [4.69, 9.17) is 11.6 Å². The van der Waals surface area contributed by atoms with Gasteiger partial charge in [0.1, 0.15) is 4.83 Å². The van der Waals surface area contributed by atoms with Crippen LogP contribution in [-0.4, -0.2) is 21.2 Å². The molecule has 2 heterocycles. The van der Waals surface area contributed by atoms with Crippen LogP contribution in [0.4, 0.5) is 5.69 Å². The average molecular weight is 471 g/mol. The number of amides is 1. The Kier molecular flexibility index (Phi) is 6.18. The van der Waals surface area contributed by atoms with E-state index in [1.807, 2.05) is 5.38 Å². The van der Waals surface area contributed by atoms with E-state index < -0.39 is 0 Å². The summed E-state index contributed by atoms with van der Waals surface area (Å²) in [5.41, 5.74) is 0.403. The summed E-state index contributed by atoms with van der Waals surface area (Å²) < 4.78 is 2.35. The molecule has 0 radical (unpaired) electrons. The van der Waals surface area contributed by atoms with Crippen LogP contribution >= 0.6 is 50.6 Å². The third-order valence-electron chi connectivity index (χ3n) is 3.40. The zero-order valence-corrected chi connectivity index (χ0v) is 17.3. The van der Waals surface area contributed by atoms with Gasteiger partial charge in [-0.1, -0.05) is 45.4 Å². The molecule has 0 spiro atoms. The van der Waals surface area contributed by atoms with Gasteiger partial charge in [0, 0.05) is 11.0 Å². The summed E-state index contributed by atoms with van der Waals surface area (Å²) in [5.74, 6) is -0.128. The number of nitrogens with one attached hydrogen (secondary N) is 1. The van der Waals surface area contributed by atoms with E-state index in [9.17, 15) is 9.59 Å². The molecule has 3 rings (SSSR count). The maximum atomic E-state index is 12.6. The molecule has 1 amide bonds. The first-order valence-electron chi connectivity index (χ1n) is 7.46. The van der Waals surface area contributed by atoms with E-state index in [1.54, 1.807) is 30.3 Å². The van der Waals surface area contributed by atoms with Crippen LogP contribution in [0.3, 0.4) is 0 Å². The van der Waals surface area contributed by atoms with E-state index in [1.165, 1.54) is 27.7 Å². The van der Waals surface area contributed by atoms with E-state index in [2.05, 4.69) is 32.8 Å². The largest absolute Gasteiger partial charge is 0.324 e. The lowest BCUT2D eigenvalue weighted by molar-refractivity contribution is -0.113. The summed E-state index contributed by atoms with van der Waals surface area (Å²) >= 11 is 12.0. The van der Waals surface area contributed by atoms with Crippen molar-refractivity contribution in [3.8, 4) is 0 Å². The molecule has 0 fully saturated rings. The molecule has 0 saturated heterocycles. The molecule has 0 aliphatic carbocycles. The van der Waals surface area contributed by atoms with Crippen molar-refractivity contribution in [3.63, 3.8) is 0 Å². The van der Waals surface area contributed by atoms with Crippen molar-refractivity contribution in [2.45, 2.75) is 11.7 Å². The molecule has 0 aliphatic rings. The quantitative estimate of drug-likeness (QED) is 0.320. The highest BCUT2D eigenvalue weighted by Crippen LogP contribution is 2.26. The number of fused-ring (bicyclic) bond motifs is 1. The molecule has 0 aliphatic heterocycles. The number of thiophene rings is 1. The number of carbonyl (C=O) groups is 1. The van der Waals surface area contributed by atoms with Gasteiger partial charge in [-0.05, 0) is 29.6 Å². The van der Waals surface area contributed by atoms with Crippen LogP contribution in [0.25, 0.3) is 10.2 Å². The van der Waals surface area contributed by atoms with Crippen LogP contribution in [0.5, 0.6) is 0 Å². The lowest BCUT2D eigenvalue weighted by Crippen LogP contribution is -2.23. The van der Waals surface area contributed by atoms with Crippen molar-refractivity contribution in [2.24, 2.45) is 0 Å². The summed E-state index contributed by atoms with van der Waals surface area (Å²) in [6.45, 7) is 4.02. The monoisotopic (exact) mass is 469 g/mol. The van der Waals surface area contributed by atoms with Gasteiger partial charge in [-0.15, -0.1) is 17.9 Å². The Labute approximate surface area is 171 Å². The Morgan fingerprint density at radius 3 is 3.00 bits per heavy atom. The second-order valence-corrected chi connectivity index (χ2v) is 8.36. The second-order valence-electron chi connectivity index (χ2n) is 5.20. The van der Waals surface area contributed by atoms with E-state index in [0.29, 0.717) is 32.6 Å². The normalized spacial score (nSPS) is 10.8. The van der Waals surface area contributed by atoms with Crippen LogP contribution in [0.2, 0.25) is 5.02 Å². The third kappa shape index (κ3) is 4.20. The fraction of sp³-hybridized carbons (Fsp3) is 0.118. The van der Waals surface area contributed by atoms with Gasteiger partial charge in [-0.2, -0.15) is 0 Å². The molecular formula is C17H13BrClN3O2S2. The predicted octanol–water partition coefficient (Wildman–Crippen LogP) is 4.79. The minimum Gasteiger partial charge on any atom is -0.324 e. The second kappa shape index (κ2) is 8.39. The number of thioether (sulfide) groups is 1. The number of carbonyl (C=O) groups excluding carboxylic acids is 1. The number of hydrogen-bond acceptors (Lipinski definition) is 5. The smallest absolute Gasteiger partial charge is 0.263 e. The molecule has 0 unspecified atom stereocenters. The van der Waals surface area contributed by atoms with Crippen LogP contribution < -0.4 is 10.9 Å². The summed E-state index contributed by atoms with van der Waals surface area (Å²) in [7, 11) is 0. The molecule has 26 heavy (non-hydrogen) atoms. The number of aromatic nitrogens is 2. The molecule has 0 atom stereocenters. The molecule has 134 valence electrons. The summed E-state index contributed by atoms with van der Waals surface area (Å²) in [6.07, 6.45) is 1.63. The minimum absolute atomic E-state index is 0.104. The number of hydrogen-bond donors (Lipinski definition) is 1. The molecule has 1 N–H and O–H groups in total. The molecule has 0 bridgehead atoms. The van der Waals surface area contributed by atoms with E-state index in [-0.39, 0.29) is 17.2 Å². The third-order valence-corrected chi connectivity index (χ3v) is 5.99. The van der Waals surface area contributed by atoms with Gasteiger partial charge in [0.2, 0.25) is 5.91 Å². The molecular weight excluding hydrogens is 458 g/mol. The maximum absolute atomic E-state index is 12.6. The van der Waals surface area contributed by atoms with Gasteiger partial charge in [-0.25, -0.2) is 4.98 Å². The highest BCUT2D eigenvalue weighted by Gasteiger charge is 2.14. The standard InChI is InChI=1S/C17H13BrClN3O2S2/c1-2-6-22-16(24)11-5-7-25-15(11)21-17(22)26-9-14(23)20-13-4-3-10(18)8-12(13)19/h2-5,7-8H,1,6,9H2,(H,20,23). The van der Waals surface area contributed by atoms with Crippen LogP contribution in [0.1, 0.15) is 0 Å². The Balaban J connectivity index is 1.78. The topological polar surface area (TPSA) is 64.0 Å². The van der Waals surface area contributed by atoms with E-state index >= 15 is 0 Å². The van der Waals surface area contributed by atoms with E-state index in [0.717, 1.165) is 4.47 Å². The fourth-order valence-corrected chi connectivity index (χ4v) is 4.57. The number of benzene rings is 1. The van der Waals surface area contributed by atoms with Gasteiger partial charge in [-0.3, -0.25) is 14.2 Å². The summed E-state index contributed by atoms with van der Waals surface area (Å²) in [4.78, 5) is 30.0. The lowest BCUT2D eigenvalue weighted by Gasteiger charge is -2.11. The molecule has 0 saturated carbocycles. The van der Waals surface area contributed by atoms with Crippen LogP contribution in [0, 0.1) is 0 Å². The Morgan fingerprint density at radius 2 is 2.27 bits per heavy atom.